The van der Waals surface area contributed by atoms with E-state index in [2.05, 4.69) is 42.8 Å². The van der Waals surface area contributed by atoms with E-state index in [9.17, 15) is 14.7 Å². The summed E-state index contributed by atoms with van der Waals surface area (Å²) in [5, 5.41) is 9.79. The van der Waals surface area contributed by atoms with E-state index in [4.69, 9.17) is 9.47 Å². The molecule has 9 atom stereocenters. The molecule has 0 amide bonds. The fourth-order valence-electron chi connectivity index (χ4n) is 7.38. The number of fused-ring (bicyclic) bond motifs is 5. The molecule has 30 heavy (non-hydrogen) atoms. The Balaban J connectivity index is 1.73. The zero-order valence-electron chi connectivity index (χ0n) is 18.7. The maximum Gasteiger partial charge on any atom is 0.302 e. The first-order valence-electron chi connectivity index (χ1n) is 11.2. The Morgan fingerprint density at radius 3 is 2.37 bits per heavy atom. The van der Waals surface area contributed by atoms with Gasteiger partial charge in [0.05, 0.1) is 6.61 Å². The van der Waals surface area contributed by atoms with Gasteiger partial charge in [0.15, 0.2) is 0 Å². The van der Waals surface area contributed by atoms with Crippen LogP contribution in [0.3, 0.4) is 0 Å². The van der Waals surface area contributed by atoms with Crippen molar-refractivity contribution in [3.63, 3.8) is 0 Å². The molecule has 0 heterocycles. The quantitative estimate of drug-likeness (QED) is 0.365. The number of hydrogen-bond donors (Lipinski definition) is 1. The van der Waals surface area contributed by atoms with E-state index in [-0.39, 0.29) is 57.7 Å². The van der Waals surface area contributed by atoms with Crippen LogP contribution in [0.1, 0.15) is 66.7 Å². The van der Waals surface area contributed by atoms with Crippen molar-refractivity contribution in [3.05, 3.63) is 11.6 Å². The fourth-order valence-corrected chi connectivity index (χ4v) is 7.76. The van der Waals surface area contributed by atoms with E-state index in [0.717, 1.165) is 32.1 Å². The fraction of sp³-hybridized carbons (Fsp3) is 0.833. The monoisotopic (exact) mass is 482 g/mol. The molecule has 0 aromatic carbocycles. The summed E-state index contributed by atoms with van der Waals surface area (Å²) in [5.74, 6) is 0.536. The van der Waals surface area contributed by atoms with Gasteiger partial charge in [0.25, 0.3) is 0 Å². The van der Waals surface area contributed by atoms with Crippen LogP contribution in [0.4, 0.5) is 0 Å². The number of halogens is 1. The second-order valence-corrected chi connectivity index (χ2v) is 12.1. The third-order valence-electron chi connectivity index (χ3n) is 8.99. The molecule has 0 aromatic rings. The van der Waals surface area contributed by atoms with Gasteiger partial charge in [-0.2, -0.15) is 0 Å². The lowest BCUT2D eigenvalue weighted by Gasteiger charge is -2.58. The van der Waals surface area contributed by atoms with E-state index >= 15 is 0 Å². The molecule has 0 spiro atoms. The Bertz CT molecular complexity index is 780. The van der Waals surface area contributed by atoms with Gasteiger partial charge in [-0.05, 0) is 54.3 Å². The molecule has 4 rings (SSSR count). The molecule has 4 aliphatic carbocycles. The van der Waals surface area contributed by atoms with Gasteiger partial charge in [0.1, 0.15) is 12.2 Å². The third-order valence-corrected chi connectivity index (χ3v) is 10.4. The van der Waals surface area contributed by atoms with Crippen LogP contribution in [0, 0.1) is 34.0 Å². The summed E-state index contributed by atoms with van der Waals surface area (Å²) in [6, 6.07) is 0. The van der Waals surface area contributed by atoms with Crippen LogP contribution in [-0.2, 0) is 19.1 Å². The van der Waals surface area contributed by atoms with Gasteiger partial charge in [0.2, 0.25) is 0 Å². The summed E-state index contributed by atoms with van der Waals surface area (Å²) >= 11 is 3.68. The standard InChI is InChI=1S/C24H35BrO5/c1-13(27)29-18-8-20-23(4)10-17(23)19(30-14(2)28)11-24(20,5)16-6-7-22(3,9-15(16)18)21(25)12-26/h6,15,17-21,26H,7-12H2,1-5H3/t15-,17+,18-,19-,20-,21-,22+,23+,24+/m1/s1. The molecule has 168 valence electrons. The average molecular weight is 483 g/mol. The second kappa shape index (κ2) is 7.33. The first-order chi connectivity index (χ1) is 13.9. The summed E-state index contributed by atoms with van der Waals surface area (Å²) in [5.41, 5.74) is 1.34. The largest absolute Gasteiger partial charge is 0.462 e. The van der Waals surface area contributed by atoms with Crippen LogP contribution in [0.5, 0.6) is 0 Å². The van der Waals surface area contributed by atoms with Crippen molar-refractivity contribution in [3.8, 4) is 0 Å². The maximum absolute atomic E-state index is 12.0. The van der Waals surface area contributed by atoms with Gasteiger partial charge >= 0.3 is 11.9 Å². The summed E-state index contributed by atoms with van der Waals surface area (Å²) in [4.78, 5) is 23.7. The molecule has 3 fully saturated rings. The lowest BCUT2D eigenvalue weighted by Crippen LogP contribution is -2.55. The molecule has 0 aromatic heterocycles. The number of aliphatic hydroxyl groups is 1. The van der Waals surface area contributed by atoms with Crippen molar-refractivity contribution < 1.29 is 24.2 Å². The molecule has 0 radical (unpaired) electrons. The van der Waals surface area contributed by atoms with Crippen molar-refractivity contribution in [2.45, 2.75) is 83.8 Å². The molecule has 0 aliphatic heterocycles. The number of ether oxygens (including phenoxy) is 2. The van der Waals surface area contributed by atoms with Crippen LogP contribution in [0.2, 0.25) is 0 Å². The topological polar surface area (TPSA) is 72.8 Å². The van der Waals surface area contributed by atoms with Crippen molar-refractivity contribution in [1.29, 1.82) is 0 Å². The van der Waals surface area contributed by atoms with Gasteiger partial charge in [-0.15, -0.1) is 0 Å². The van der Waals surface area contributed by atoms with E-state index in [1.54, 1.807) is 0 Å². The van der Waals surface area contributed by atoms with E-state index in [0.29, 0.717) is 11.8 Å². The molecule has 0 bridgehead atoms. The summed E-state index contributed by atoms with van der Waals surface area (Å²) in [6.45, 7) is 9.96. The minimum absolute atomic E-state index is 0.00297. The molecule has 0 saturated heterocycles. The first kappa shape index (κ1) is 22.3. The maximum atomic E-state index is 12.0. The molecule has 3 saturated carbocycles. The van der Waals surface area contributed by atoms with Gasteiger partial charge in [-0.1, -0.05) is 48.4 Å². The number of aliphatic hydroxyl groups excluding tert-OH is 1. The number of alkyl halides is 1. The van der Waals surface area contributed by atoms with Gasteiger partial charge in [-0.3, -0.25) is 9.59 Å². The summed E-state index contributed by atoms with van der Waals surface area (Å²) in [7, 11) is 0. The van der Waals surface area contributed by atoms with Crippen molar-refractivity contribution >= 4 is 27.9 Å². The number of rotatable bonds is 4. The molecule has 0 unspecified atom stereocenters. The number of carbonyl (C=O) groups excluding carboxylic acids is 2. The Morgan fingerprint density at radius 1 is 1.13 bits per heavy atom. The Hall–Kier alpha value is -0.880. The highest BCUT2D eigenvalue weighted by Crippen LogP contribution is 2.74. The predicted octanol–water partition coefficient (Wildman–Crippen LogP) is 4.40. The highest BCUT2D eigenvalue weighted by molar-refractivity contribution is 9.09. The van der Waals surface area contributed by atoms with Crippen molar-refractivity contribution in [1.82, 2.24) is 0 Å². The van der Waals surface area contributed by atoms with Crippen molar-refractivity contribution in [2.24, 2.45) is 34.0 Å². The van der Waals surface area contributed by atoms with Crippen LogP contribution in [-0.4, -0.2) is 40.7 Å². The number of carbonyl (C=O) groups is 2. The van der Waals surface area contributed by atoms with Crippen LogP contribution in [0.15, 0.2) is 11.6 Å². The minimum Gasteiger partial charge on any atom is -0.462 e. The number of hydrogen-bond acceptors (Lipinski definition) is 5. The highest BCUT2D eigenvalue weighted by atomic mass is 79.9. The van der Waals surface area contributed by atoms with E-state index in [1.807, 2.05) is 0 Å². The smallest absolute Gasteiger partial charge is 0.302 e. The Kier molecular flexibility index (Phi) is 5.45. The van der Waals surface area contributed by atoms with Gasteiger partial charge < -0.3 is 14.6 Å². The van der Waals surface area contributed by atoms with Crippen LogP contribution >= 0.6 is 15.9 Å². The zero-order valence-corrected chi connectivity index (χ0v) is 20.3. The molecule has 6 heteroatoms. The second-order valence-electron chi connectivity index (χ2n) is 11.0. The summed E-state index contributed by atoms with van der Waals surface area (Å²) < 4.78 is 11.7. The SMILES string of the molecule is CC(=O)O[C@@H]1C[C@@H]2[C@@]3(C)C[C@H]3[C@H](OC(C)=O)C[C@@]2(C)C2=CC[C@](C)([C@H](Br)CO)C[C@H]21. The van der Waals surface area contributed by atoms with E-state index < -0.39 is 0 Å². The zero-order chi connectivity index (χ0) is 22.1. The molecular weight excluding hydrogens is 448 g/mol. The van der Waals surface area contributed by atoms with Crippen LogP contribution in [0.25, 0.3) is 0 Å². The third kappa shape index (κ3) is 3.37. The van der Waals surface area contributed by atoms with E-state index in [1.165, 1.54) is 19.4 Å². The molecule has 1 N–H and O–H groups in total. The Morgan fingerprint density at radius 2 is 1.77 bits per heavy atom. The first-order valence-corrected chi connectivity index (χ1v) is 12.2. The average Bonchev–Trinajstić information content (AvgIpc) is 3.35. The summed E-state index contributed by atoms with van der Waals surface area (Å²) in [6.07, 6.45) is 6.72. The molecular formula is C24H35BrO5. The lowest BCUT2D eigenvalue weighted by atomic mass is 9.48. The van der Waals surface area contributed by atoms with Crippen molar-refractivity contribution in [2.75, 3.05) is 6.61 Å². The Labute approximate surface area is 188 Å². The number of esters is 2. The minimum atomic E-state index is -0.223. The molecule has 4 aliphatic rings. The number of allylic oxidation sites excluding steroid dienone is 1. The highest BCUT2D eigenvalue weighted by Gasteiger charge is 2.71. The molecule has 5 nitrogen and oxygen atoms in total. The van der Waals surface area contributed by atoms with Gasteiger partial charge in [-0.25, -0.2) is 0 Å². The lowest BCUT2D eigenvalue weighted by molar-refractivity contribution is -0.164. The van der Waals surface area contributed by atoms with Gasteiger partial charge in [0, 0.05) is 30.5 Å². The predicted molar refractivity (Wildman–Crippen MR) is 117 cm³/mol. The van der Waals surface area contributed by atoms with Crippen LogP contribution < -0.4 is 0 Å². The normalized spacial score (nSPS) is 47.7.